The number of tetrazole rings is 2. The summed E-state index contributed by atoms with van der Waals surface area (Å²) in [5, 5.41) is 38.5. The topological polar surface area (TPSA) is 183 Å². The van der Waals surface area contributed by atoms with Gasteiger partial charge in [-0.3, -0.25) is 9.59 Å². The minimum absolute atomic E-state index is 0.229. The Hall–Kier alpha value is -4.50. The zero-order chi connectivity index (χ0) is 21.4. The van der Waals surface area contributed by atoms with Gasteiger partial charge in [-0.1, -0.05) is 10.4 Å². The molecule has 0 bridgehead atoms. The van der Waals surface area contributed by atoms with E-state index in [0.717, 1.165) is 0 Å². The van der Waals surface area contributed by atoms with Crippen molar-refractivity contribution in [3.05, 3.63) is 45.5 Å². The predicted octanol–water partition coefficient (Wildman–Crippen LogP) is -2.17. The Morgan fingerprint density at radius 1 is 0.806 bits per heavy atom. The standard InChI is InChI=1S/C15H14N14O2/c1-9(6-27-8-17-21-25-27)29-15(31)11-5-12-10(4-13(11)19-23-29)14(30)28(22-18-12)3-2-26-7-16-20-24-26/h4-5,7-9H,2-3,6H2,1H3/t9-/m1/s1. The quantitative estimate of drug-likeness (QED) is 0.270. The third-order valence-electron chi connectivity index (χ3n) is 4.72. The summed E-state index contributed by atoms with van der Waals surface area (Å²) >= 11 is 0. The van der Waals surface area contributed by atoms with Crippen molar-refractivity contribution in [2.24, 2.45) is 0 Å². The van der Waals surface area contributed by atoms with Crippen LogP contribution in [0.4, 0.5) is 0 Å². The first-order valence-electron chi connectivity index (χ1n) is 9.18. The number of hydrogen-bond acceptors (Lipinski definition) is 12. The van der Waals surface area contributed by atoms with Crippen molar-refractivity contribution in [2.45, 2.75) is 32.6 Å². The highest BCUT2D eigenvalue weighted by atomic mass is 16.1. The van der Waals surface area contributed by atoms with E-state index < -0.39 is 0 Å². The fourth-order valence-electron chi connectivity index (χ4n) is 3.15. The fraction of sp³-hybridized carbons (Fsp3) is 0.333. The number of fused-ring (bicyclic) bond motifs is 2. The van der Waals surface area contributed by atoms with Gasteiger partial charge in [0.05, 0.1) is 36.4 Å². The van der Waals surface area contributed by atoms with E-state index in [1.54, 1.807) is 6.92 Å². The monoisotopic (exact) mass is 422 g/mol. The molecule has 5 rings (SSSR count). The van der Waals surface area contributed by atoms with Gasteiger partial charge in [-0.15, -0.1) is 20.4 Å². The second-order valence-electron chi connectivity index (χ2n) is 6.80. The Kier molecular flexibility index (Phi) is 4.42. The Balaban J connectivity index is 1.52. The number of hydrogen-bond donors (Lipinski definition) is 0. The lowest BCUT2D eigenvalue weighted by Gasteiger charge is -2.13. The van der Waals surface area contributed by atoms with Gasteiger partial charge in [0.15, 0.2) is 0 Å². The molecule has 4 aromatic heterocycles. The lowest BCUT2D eigenvalue weighted by Crippen LogP contribution is -2.30. The molecule has 5 aromatic rings. The molecule has 0 saturated heterocycles. The Bertz CT molecular complexity index is 1470. The summed E-state index contributed by atoms with van der Waals surface area (Å²) in [7, 11) is 0. The maximum atomic E-state index is 13.0. The minimum Gasteiger partial charge on any atom is -0.267 e. The van der Waals surface area contributed by atoms with Gasteiger partial charge >= 0.3 is 0 Å². The maximum Gasteiger partial charge on any atom is 0.277 e. The van der Waals surface area contributed by atoms with E-state index in [4.69, 9.17) is 0 Å². The SMILES string of the molecule is C[C@H](Cn1cnnn1)n1nnc2cc3c(=O)n(CCn4cnnn4)nnc3cc2c1=O. The van der Waals surface area contributed by atoms with Crippen molar-refractivity contribution in [3.63, 3.8) is 0 Å². The summed E-state index contributed by atoms with van der Waals surface area (Å²) in [4.78, 5) is 25.8. The molecule has 16 nitrogen and oxygen atoms in total. The van der Waals surface area contributed by atoms with Crippen molar-refractivity contribution >= 4 is 21.8 Å². The molecule has 4 heterocycles. The zero-order valence-electron chi connectivity index (χ0n) is 16.1. The molecule has 0 saturated carbocycles. The highest BCUT2D eigenvalue weighted by molar-refractivity contribution is 5.93. The van der Waals surface area contributed by atoms with E-state index in [1.165, 1.54) is 43.5 Å². The third kappa shape index (κ3) is 3.38. The largest absolute Gasteiger partial charge is 0.277 e. The summed E-state index contributed by atoms with van der Waals surface area (Å²) in [5.41, 5.74) is -0.142. The van der Waals surface area contributed by atoms with Crippen LogP contribution >= 0.6 is 0 Å². The van der Waals surface area contributed by atoms with Crippen LogP contribution in [0.2, 0.25) is 0 Å². The van der Waals surface area contributed by atoms with Crippen LogP contribution in [0.15, 0.2) is 34.4 Å². The van der Waals surface area contributed by atoms with Crippen molar-refractivity contribution in [1.29, 1.82) is 0 Å². The van der Waals surface area contributed by atoms with E-state index in [0.29, 0.717) is 24.1 Å². The average molecular weight is 422 g/mol. The molecule has 0 N–H and O–H groups in total. The van der Waals surface area contributed by atoms with E-state index in [2.05, 4.69) is 51.7 Å². The Labute approximate surface area is 171 Å². The summed E-state index contributed by atoms with van der Waals surface area (Å²) in [6, 6.07) is 2.65. The van der Waals surface area contributed by atoms with Gasteiger partial charge in [0.1, 0.15) is 23.7 Å². The molecular weight excluding hydrogens is 408 g/mol. The van der Waals surface area contributed by atoms with E-state index in [9.17, 15) is 9.59 Å². The highest BCUT2D eigenvalue weighted by Crippen LogP contribution is 2.14. The number of rotatable bonds is 6. The van der Waals surface area contributed by atoms with Crippen molar-refractivity contribution in [1.82, 2.24) is 70.4 Å². The van der Waals surface area contributed by atoms with Crippen molar-refractivity contribution < 1.29 is 0 Å². The number of benzene rings is 1. The first-order chi connectivity index (χ1) is 15.1. The van der Waals surface area contributed by atoms with Gasteiger partial charge in [0, 0.05) is 0 Å². The molecule has 0 radical (unpaired) electrons. The number of nitrogens with zero attached hydrogens (tertiary/aromatic N) is 14. The van der Waals surface area contributed by atoms with Crippen LogP contribution in [0.25, 0.3) is 21.8 Å². The smallest absolute Gasteiger partial charge is 0.267 e. The van der Waals surface area contributed by atoms with Gasteiger partial charge in [-0.2, -0.15) is 0 Å². The average Bonchev–Trinajstić information content (AvgIpc) is 3.47. The van der Waals surface area contributed by atoms with Crippen LogP contribution < -0.4 is 11.1 Å². The second kappa shape index (κ2) is 7.39. The maximum absolute atomic E-state index is 13.0. The normalized spacial score (nSPS) is 12.5. The molecule has 31 heavy (non-hydrogen) atoms. The van der Waals surface area contributed by atoms with Gasteiger partial charge < -0.3 is 0 Å². The number of aryl methyl sites for hydroxylation is 2. The molecule has 0 unspecified atom stereocenters. The molecule has 0 spiro atoms. The molecule has 0 fully saturated rings. The second-order valence-corrected chi connectivity index (χ2v) is 6.80. The van der Waals surface area contributed by atoms with Gasteiger partial charge in [-0.25, -0.2) is 18.7 Å². The zero-order valence-corrected chi connectivity index (χ0v) is 16.1. The van der Waals surface area contributed by atoms with E-state index in [1.807, 2.05) is 0 Å². The lowest BCUT2D eigenvalue weighted by atomic mass is 10.2. The van der Waals surface area contributed by atoms with Crippen LogP contribution in [-0.2, 0) is 19.6 Å². The van der Waals surface area contributed by atoms with Crippen LogP contribution in [0.5, 0.6) is 0 Å². The van der Waals surface area contributed by atoms with Crippen LogP contribution in [0, 0.1) is 0 Å². The Morgan fingerprint density at radius 3 is 2.13 bits per heavy atom. The van der Waals surface area contributed by atoms with E-state index in [-0.39, 0.29) is 34.5 Å². The summed E-state index contributed by atoms with van der Waals surface area (Å²) in [6.07, 6.45) is 2.89. The molecule has 16 heteroatoms. The molecule has 0 aliphatic heterocycles. The molecule has 0 aliphatic rings. The lowest BCUT2D eigenvalue weighted by molar-refractivity contribution is 0.375. The first kappa shape index (κ1) is 18.5. The third-order valence-corrected chi connectivity index (χ3v) is 4.72. The molecule has 1 aromatic carbocycles. The molecule has 1 atom stereocenters. The first-order valence-corrected chi connectivity index (χ1v) is 9.18. The van der Waals surface area contributed by atoms with Crippen LogP contribution in [0.1, 0.15) is 13.0 Å². The van der Waals surface area contributed by atoms with Crippen LogP contribution in [-0.4, -0.2) is 70.4 Å². The fourth-order valence-corrected chi connectivity index (χ4v) is 3.15. The summed E-state index contributed by atoms with van der Waals surface area (Å²) in [6.45, 7) is 2.72. The molecule has 0 aliphatic carbocycles. The molecular formula is C15H14N14O2. The summed E-state index contributed by atoms with van der Waals surface area (Å²) < 4.78 is 5.42. The predicted molar refractivity (Wildman–Crippen MR) is 101 cm³/mol. The molecule has 0 amide bonds. The van der Waals surface area contributed by atoms with Gasteiger partial charge in [-0.05, 0) is 39.9 Å². The summed E-state index contributed by atoms with van der Waals surface area (Å²) in [5.74, 6) is 0. The number of aromatic nitrogens is 14. The van der Waals surface area contributed by atoms with Crippen molar-refractivity contribution in [2.75, 3.05) is 0 Å². The van der Waals surface area contributed by atoms with E-state index >= 15 is 0 Å². The Morgan fingerprint density at radius 2 is 1.45 bits per heavy atom. The van der Waals surface area contributed by atoms with Crippen LogP contribution in [0.3, 0.4) is 0 Å². The van der Waals surface area contributed by atoms with Gasteiger partial charge in [0.25, 0.3) is 11.1 Å². The minimum atomic E-state index is -0.364. The van der Waals surface area contributed by atoms with Gasteiger partial charge in [0.2, 0.25) is 0 Å². The molecule has 156 valence electrons. The van der Waals surface area contributed by atoms with Crippen molar-refractivity contribution in [3.8, 4) is 0 Å². The highest BCUT2D eigenvalue weighted by Gasteiger charge is 2.16.